The van der Waals surface area contributed by atoms with Gasteiger partial charge in [0.1, 0.15) is 12.4 Å². The van der Waals surface area contributed by atoms with E-state index in [1.165, 1.54) is 18.2 Å². The average molecular weight is 417 g/mol. The van der Waals surface area contributed by atoms with Gasteiger partial charge in [-0.3, -0.25) is 0 Å². The van der Waals surface area contributed by atoms with Crippen molar-refractivity contribution in [3.05, 3.63) is 58.4 Å². The van der Waals surface area contributed by atoms with Crippen molar-refractivity contribution < 1.29 is 17.5 Å². The summed E-state index contributed by atoms with van der Waals surface area (Å²) in [7, 11) is -3.65. The van der Waals surface area contributed by atoms with Gasteiger partial charge in [-0.2, -0.15) is 0 Å². The molecule has 0 aliphatic carbocycles. The predicted octanol–water partition coefficient (Wildman–Crippen LogP) is 3.26. The van der Waals surface area contributed by atoms with Crippen molar-refractivity contribution in [3.63, 3.8) is 0 Å². The van der Waals surface area contributed by atoms with E-state index >= 15 is 0 Å². The summed E-state index contributed by atoms with van der Waals surface area (Å²) in [5.41, 5.74) is -0.477. The average Bonchev–Trinajstić information content (AvgIpc) is 2.44. The highest BCUT2D eigenvalue weighted by Crippen LogP contribution is 2.22. The van der Waals surface area contributed by atoms with E-state index in [0.29, 0.717) is 15.9 Å². The number of hydrogen-bond acceptors (Lipinski definition) is 4. The molecule has 5 nitrogen and oxygen atoms in total. The van der Waals surface area contributed by atoms with Gasteiger partial charge < -0.3 is 4.74 Å². The summed E-state index contributed by atoms with van der Waals surface area (Å²) in [5.74, 6) is -0.387. The summed E-state index contributed by atoms with van der Waals surface area (Å²) in [6.07, 6.45) is 1.58. The number of halogens is 2. The van der Waals surface area contributed by atoms with E-state index < -0.39 is 21.4 Å². The van der Waals surface area contributed by atoms with Gasteiger partial charge in [-0.15, -0.1) is 0 Å². The molecule has 0 atom stereocenters. The molecule has 8 heteroatoms. The molecule has 0 radical (unpaired) electrons. The van der Waals surface area contributed by atoms with E-state index in [1.807, 2.05) is 0 Å². The minimum Gasteiger partial charge on any atom is -0.475 e. The second kappa shape index (κ2) is 7.58. The largest absolute Gasteiger partial charge is 0.475 e. The van der Waals surface area contributed by atoms with Crippen LogP contribution in [0.25, 0.3) is 0 Å². The first kappa shape index (κ1) is 18.8. The Bertz CT molecular complexity index is 812. The smallest absolute Gasteiger partial charge is 0.227 e. The molecule has 0 bridgehead atoms. The Morgan fingerprint density at radius 3 is 2.71 bits per heavy atom. The van der Waals surface area contributed by atoms with Crippen LogP contribution in [0, 0.1) is 5.82 Å². The zero-order valence-corrected chi connectivity index (χ0v) is 15.7. The molecular formula is C16H18BrFN2O3S. The Kier molecular flexibility index (Phi) is 5.95. The van der Waals surface area contributed by atoms with Crippen LogP contribution >= 0.6 is 15.9 Å². The quantitative estimate of drug-likeness (QED) is 0.751. The van der Waals surface area contributed by atoms with Crippen molar-refractivity contribution in [2.75, 3.05) is 6.61 Å². The molecular weight excluding hydrogens is 399 g/mol. The molecule has 0 aliphatic heterocycles. The van der Waals surface area contributed by atoms with Crippen LogP contribution < -0.4 is 9.46 Å². The van der Waals surface area contributed by atoms with Gasteiger partial charge in [0.2, 0.25) is 15.9 Å². The van der Waals surface area contributed by atoms with Crippen molar-refractivity contribution >= 4 is 26.0 Å². The molecule has 0 amide bonds. The number of ether oxygens (including phenoxy) is 1. The van der Waals surface area contributed by atoms with E-state index in [1.54, 1.807) is 38.2 Å². The number of rotatable bonds is 7. The second-order valence-corrected chi connectivity index (χ2v) is 8.53. The van der Waals surface area contributed by atoms with Gasteiger partial charge in [0.05, 0.1) is 15.8 Å². The highest BCUT2D eigenvalue weighted by atomic mass is 79.9. The molecule has 1 aromatic carbocycles. The summed E-state index contributed by atoms with van der Waals surface area (Å²) in [5, 5.41) is 0. The molecule has 0 spiro atoms. The lowest BCUT2D eigenvalue weighted by atomic mass is 10.1. The Labute approximate surface area is 149 Å². The normalized spacial score (nSPS) is 12.2. The highest BCUT2D eigenvalue weighted by molar-refractivity contribution is 9.10. The van der Waals surface area contributed by atoms with Crippen LogP contribution in [-0.2, 0) is 15.8 Å². The molecule has 0 saturated heterocycles. The second-order valence-electron chi connectivity index (χ2n) is 5.95. The third-order valence-electron chi connectivity index (χ3n) is 2.97. The lowest BCUT2D eigenvalue weighted by molar-refractivity contribution is 0.221. The van der Waals surface area contributed by atoms with Gasteiger partial charge in [-0.25, -0.2) is 22.5 Å². The molecule has 2 rings (SSSR count). The van der Waals surface area contributed by atoms with Crippen molar-refractivity contribution in [2.24, 2.45) is 0 Å². The first-order valence-corrected chi connectivity index (χ1v) is 9.61. The van der Waals surface area contributed by atoms with Gasteiger partial charge in [0, 0.05) is 6.20 Å². The molecule has 24 heavy (non-hydrogen) atoms. The molecule has 0 saturated carbocycles. The van der Waals surface area contributed by atoms with E-state index in [9.17, 15) is 12.8 Å². The summed E-state index contributed by atoms with van der Waals surface area (Å²) < 4.78 is 46.6. The topological polar surface area (TPSA) is 68.3 Å². The number of aromatic nitrogens is 1. The molecule has 0 fully saturated rings. The molecule has 1 heterocycles. The van der Waals surface area contributed by atoms with Crippen molar-refractivity contribution in [3.8, 4) is 5.88 Å². The standard InChI is InChI=1S/C16H18BrFN2O3S/c1-16(2,11-23-15-14(17)7-4-8-19-15)20-24(21,22)10-12-5-3-6-13(18)9-12/h3-9,20H,10-11H2,1-2H3. The van der Waals surface area contributed by atoms with Gasteiger partial charge in [-0.05, 0) is 59.6 Å². The van der Waals surface area contributed by atoms with Gasteiger partial charge >= 0.3 is 0 Å². The predicted molar refractivity (Wildman–Crippen MR) is 93.7 cm³/mol. The van der Waals surface area contributed by atoms with Crippen LogP contribution in [-0.4, -0.2) is 25.5 Å². The highest BCUT2D eigenvalue weighted by Gasteiger charge is 2.26. The van der Waals surface area contributed by atoms with Crippen LogP contribution in [0.15, 0.2) is 47.1 Å². The maximum Gasteiger partial charge on any atom is 0.227 e. The van der Waals surface area contributed by atoms with Crippen LogP contribution in [0.5, 0.6) is 5.88 Å². The number of hydrogen-bond donors (Lipinski definition) is 1. The fourth-order valence-corrected chi connectivity index (χ4v) is 4.02. The van der Waals surface area contributed by atoms with Gasteiger partial charge in [0.25, 0.3) is 0 Å². The number of nitrogens with zero attached hydrogens (tertiary/aromatic N) is 1. The number of benzene rings is 1. The SMILES string of the molecule is CC(C)(COc1ncccc1Br)NS(=O)(=O)Cc1cccc(F)c1. The van der Waals surface area contributed by atoms with Gasteiger partial charge in [0.15, 0.2) is 0 Å². The Balaban J connectivity index is 2.00. The van der Waals surface area contributed by atoms with Crippen LogP contribution in [0.2, 0.25) is 0 Å². The fraction of sp³-hybridized carbons (Fsp3) is 0.312. The zero-order chi connectivity index (χ0) is 17.8. The van der Waals surface area contributed by atoms with Crippen LogP contribution in [0.3, 0.4) is 0 Å². The van der Waals surface area contributed by atoms with Crippen molar-refractivity contribution in [1.29, 1.82) is 0 Å². The summed E-state index contributed by atoms with van der Waals surface area (Å²) >= 11 is 3.31. The Hall–Kier alpha value is -1.51. The van der Waals surface area contributed by atoms with Crippen LogP contribution in [0.1, 0.15) is 19.4 Å². The number of sulfonamides is 1. The minimum absolute atomic E-state index is 0.0883. The van der Waals surface area contributed by atoms with Crippen LogP contribution in [0.4, 0.5) is 4.39 Å². The Morgan fingerprint density at radius 2 is 2.04 bits per heavy atom. The molecule has 0 aliphatic rings. The summed E-state index contributed by atoms with van der Waals surface area (Å²) in [4.78, 5) is 4.07. The summed E-state index contributed by atoms with van der Waals surface area (Å²) in [6, 6.07) is 9.05. The van der Waals surface area contributed by atoms with Crippen molar-refractivity contribution in [1.82, 2.24) is 9.71 Å². The third kappa shape index (κ3) is 5.85. The minimum atomic E-state index is -3.65. The Morgan fingerprint density at radius 1 is 1.29 bits per heavy atom. The maximum absolute atomic E-state index is 13.2. The summed E-state index contributed by atoms with van der Waals surface area (Å²) in [6.45, 7) is 3.49. The first-order valence-electron chi connectivity index (χ1n) is 7.16. The number of pyridine rings is 1. The molecule has 0 unspecified atom stereocenters. The van der Waals surface area contributed by atoms with Gasteiger partial charge in [-0.1, -0.05) is 12.1 Å². The van der Waals surface area contributed by atoms with E-state index in [-0.39, 0.29) is 12.4 Å². The fourth-order valence-electron chi connectivity index (χ4n) is 2.06. The molecule has 130 valence electrons. The molecule has 1 aromatic heterocycles. The van der Waals surface area contributed by atoms with E-state index in [0.717, 1.165) is 0 Å². The monoisotopic (exact) mass is 416 g/mol. The zero-order valence-electron chi connectivity index (χ0n) is 13.3. The molecule has 1 N–H and O–H groups in total. The third-order valence-corrected chi connectivity index (χ3v) is 5.15. The number of nitrogens with one attached hydrogen (secondary N) is 1. The lowest BCUT2D eigenvalue weighted by Gasteiger charge is -2.26. The van der Waals surface area contributed by atoms with E-state index in [4.69, 9.17) is 4.74 Å². The van der Waals surface area contributed by atoms with E-state index in [2.05, 4.69) is 25.6 Å². The maximum atomic E-state index is 13.2. The lowest BCUT2D eigenvalue weighted by Crippen LogP contribution is -2.48. The molecule has 2 aromatic rings. The first-order chi connectivity index (χ1) is 11.2. The van der Waals surface area contributed by atoms with Crippen molar-refractivity contribution in [2.45, 2.75) is 25.1 Å².